The number of hydrogen-bond acceptors (Lipinski definition) is 3. The zero-order valence-corrected chi connectivity index (χ0v) is 7.71. The van der Waals surface area contributed by atoms with Crippen LogP contribution in [0.4, 0.5) is 0 Å². The third kappa shape index (κ3) is 2.55. The Morgan fingerprint density at radius 3 is 2.25 bits per heavy atom. The van der Waals surface area contributed by atoms with Gasteiger partial charge in [-0.3, -0.25) is 0 Å². The molecule has 0 aromatic heterocycles. The van der Waals surface area contributed by atoms with E-state index in [1.807, 2.05) is 18.4 Å². The molecule has 1 rings (SSSR count). The minimum absolute atomic E-state index is 0.542. The lowest BCUT2D eigenvalue weighted by Gasteiger charge is -2.00. The molecular formula is C8H11BO2S. The maximum Gasteiger partial charge on any atom is 0.488 e. The molecule has 1 aromatic carbocycles. The van der Waals surface area contributed by atoms with E-state index in [0.29, 0.717) is 5.46 Å². The zero-order valence-electron chi connectivity index (χ0n) is 6.90. The standard InChI is InChI=1S/C8H11BO2S/c1-12-6-7-2-4-8(5-3-7)9(10)11/h2-5,10-11H,6H2,1H3. The number of rotatable bonds is 3. The Bertz CT molecular complexity index is 235. The first-order chi connectivity index (χ1) is 5.74. The third-order valence-electron chi connectivity index (χ3n) is 1.59. The zero-order chi connectivity index (χ0) is 8.97. The van der Waals surface area contributed by atoms with Gasteiger partial charge in [0.25, 0.3) is 0 Å². The SMILES string of the molecule is CSCc1ccc(B(O)O)cc1. The molecule has 0 aliphatic heterocycles. The molecule has 0 fully saturated rings. The van der Waals surface area contributed by atoms with Crippen molar-refractivity contribution in [3.63, 3.8) is 0 Å². The molecule has 2 N–H and O–H groups in total. The molecule has 1 aromatic rings. The summed E-state index contributed by atoms with van der Waals surface area (Å²) in [6.45, 7) is 0. The van der Waals surface area contributed by atoms with Crippen molar-refractivity contribution in [1.29, 1.82) is 0 Å². The summed E-state index contributed by atoms with van der Waals surface area (Å²) >= 11 is 1.74. The molecule has 0 amide bonds. The summed E-state index contributed by atoms with van der Waals surface area (Å²) in [5.74, 6) is 0.960. The second kappa shape index (κ2) is 4.55. The van der Waals surface area contributed by atoms with Crippen molar-refractivity contribution in [2.24, 2.45) is 0 Å². The van der Waals surface area contributed by atoms with Crippen molar-refractivity contribution in [3.05, 3.63) is 29.8 Å². The first kappa shape index (κ1) is 9.64. The van der Waals surface area contributed by atoms with E-state index in [1.54, 1.807) is 23.9 Å². The summed E-state index contributed by atoms with van der Waals surface area (Å²) in [6, 6.07) is 7.28. The van der Waals surface area contributed by atoms with E-state index in [1.165, 1.54) is 5.56 Å². The van der Waals surface area contributed by atoms with E-state index in [9.17, 15) is 0 Å². The van der Waals surface area contributed by atoms with E-state index >= 15 is 0 Å². The van der Waals surface area contributed by atoms with Crippen molar-refractivity contribution >= 4 is 24.3 Å². The monoisotopic (exact) mass is 182 g/mol. The van der Waals surface area contributed by atoms with Crippen molar-refractivity contribution in [1.82, 2.24) is 0 Å². The van der Waals surface area contributed by atoms with Gasteiger partial charge in [-0.15, -0.1) is 0 Å². The molecule has 0 saturated heterocycles. The fourth-order valence-electron chi connectivity index (χ4n) is 0.953. The van der Waals surface area contributed by atoms with Crippen LogP contribution in [0.1, 0.15) is 5.56 Å². The summed E-state index contributed by atoms with van der Waals surface area (Å²) < 4.78 is 0. The van der Waals surface area contributed by atoms with Crippen molar-refractivity contribution in [3.8, 4) is 0 Å². The van der Waals surface area contributed by atoms with E-state index in [0.717, 1.165) is 5.75 Å². The predicted molar refractivity (Wildman–Crippen MR) is 53.5 cm³/mol. The van der Waals surface area contributed by atoms with Gasteiger partial charge in [0.15, 0.2) is 0 Å². The molecule has 0 radical (unpaired) electrons. The Labute approximate surface area is 76.8 Å². The number of benzene rings is 1. The molecule has 4 heteroatoms. The highest BCUT2D eigenvalue weighted by molar-refractivity contribution is 7.97. The molecule has 0 spiro atoms. The van der Waals surface area contributed by atoms with Gasteiger partial charge < -0.3 is 10.0 Å². The summed E-state index contributed by atoms with van der Waals surface area (Å²) in [4.78, 5) is 0. The molecule has 2 nitrogen and oxygen atoms in total. The number of hydrogen-bond donors (Lipinski definition) is 2. The lowest BCUT2D eigenvalue weighted by Crippen LogP contribution is -2.29. The van der Waals surface area contributed by atoms with E-state index in [-0.39, 0.29) is 0 Å². The molecule has 0 heterocycles. The first-order valence-electron chi connectivity index (χ1n) is 3.68. The van der Waals surface area contributed by atoms with Crippen LogP contribution in [-0.4, -0.2) is 23.4 Å². The van der Waals surface area contributed by atoms with Gasteiger partial charge in [0.05, 0.1) is 0 Å². The van der Waals surface area contributed by atoms with Crippen LogP contribution in [0, 0.1) is 0 Å². The molecule has 0 unspecified atom stereocenters. The van der Waals surface area contributed by atoms with E-state index in [4.69, 9.17) is 10.0 Å². The molecule has 0 atom stereocenters. The Morgan fingerprint density at radius 1 is 1.25 bits per heavy atom. The Morgan fingerprint density at radius 2 is 1.83 bits per heavy atom. The summed E-state index contributed by atoms with van der Waals surface area (Å²) in [7, 11) is -1.35. The Balaban J connectivity index is 2.71. The minimum atomic E-state index is -1.35. The van der Waals surface area contributed by atoms with Crippen LogP contribution >= 0.6 is 11.8 Å². The topological polar surface area (TPSA) is 40.5 Å². The van der Waals surface area contributed by atoms with Gasteiger partial charge in [-0.05, 0) is 17.3 Å². The molecule has 64 valence electrons. The maximum absolute atomic E-state index is 8.79. The summed E-state index contributed by atoms with van der Waals surface area (Å²) in [5.41, 5.74) is 1.74. The van der Waals surface area contributed by atoms with Gasteiger partial charge in [-0.25, -0.2) is 0 Å². The van der Waals surface area contributed by atoms with Gasteiger partial charge >= 0.3 is 7.12 Å². The van der Waals surface area contributed by atoms with Gasteiger partial charge in [-0.1, -0.05) is 24.3 Å². The summed E-state index contributed by atoms with van der Waals surface area (Å²) in [6.07, 6.45) is 2.04. The van der Waals surface area contributed by atoms with Crippen molar-refractivity contribution < 1.29 is 10.0 Å². The van der Waals surface area contributed by atoms with Crippen LogP contribution < -0.4 is 5.46 Å². The smallest absolute Gasteiger partial charge is 0.423 e. The van der Waals surface area contributed by atoms with E-state index < -0.39 is 7.12 Å². The van der Waals surface area contributed by atoms with Crippen molar-refractivity contribution in [2.45, 2.75) is 5.75 Å². The van der Waals surface area contributed by atoms with Gasteiger partial charge in [0.2, 0.25) is 0 Å². The highest BCUT2D eigenvalue weighted by Crippen LogP contribution is 2.06. The van der Waals surface area contributed by atoms with Crippen LogP contribution in [0.5, 0.6) is 0 Å². The average Bonchev–Trinajstić information content (AvgIpc) is 2.06. The third-order valence-corrected chi connectivity index (χ3v) is 2.21. The Kier molecular flexibility index (Phi) is 3.65. The normalized spacial score (nSPS) is 9.92. The fraction of sp³-hybridized carbons (Fsp3) is 0.250. The fourth-order valence-corrected chi connectivity index (χ4v) is 1.48. The molecule has 0 aliphatic rings. The highest BCUT2D eigenvalue weighted by atomic mass is 32.2. The second-order valence-electron chi connectivity index (χ2n) is 2.55. The lowest BCUT2D eigenvalue weighted by molar-refractivity contribution is 0.426. The van der Waals surface area contributed by atoms with Crippen LogP contribution in [0.2, 0.25) is 0 Å². The highest BCUT2D eigenvalue weighted by Gasteiger charge is 2.08. The second-order valence-corrected chi connectivity index (χ2v) is 3.41. The Hall–Kier alpha value is -0.445. The molecule has 0 saturated carbocycles. The van der Waals surface area contributed by atoms with Crippen molar-refractivity contribution in [2.75, 3.05) is 6.26 Å². The quantitative estimate of drug-likeness (QED) is 0.657. The van der Waals surface area contributed by atoms with Crippen LogP contribution in [0.15, 0.2) is 24.3 Å². The average molecular weight is 182 g/mol. The summed E-state index contributed by atoms with van der Waals surface area (Å²) in [5, 5.41) is 17.6. The largest absolute Gasteiger partial charge is 0.488 e. The van der Waals surface area contributed by atoms with Gasteiger partial charge in [0.1, 0.15) is 0 Å². The molecular weight excluding hydrogens is 171 g/mol. The maximum atomic E-state index is 8.79. The van der Waals surface area contributed by atoms with Crippen LogP contribution in [0.25, 0.3) is 0 Å². The van der Waals surface area contributed by atoms with Crippen LogP contribution in [0.3, 0.4) is 0 Å². The minimum Gasteiger partial charge on any atom is -0.423 e. The van der Waals surface area contributed by atoms with E-state index in [2.05, 4.69) is 0 Å². The van der Waals surface area contributed by atoms with Gasteiger partial charge in [0, 0.05) is 5.75 Å². The van der Waals surface area contributed by atoms with Crippen LogP contribution in [-0.2, 0) is 5.75 Å². The molecule has 12 heavy (non-hydrogen) atoms. The predicted octanol–water partition coefficient (Wildman–Crippen LogP) is 0.229. The number of thioether (sulfide) groups is 1. The molecule has 0 bridgehead atoms. The molecule has 0 aliphatic carbocycles. The van der Waals surface area contributed by atoms with Gasteiger partial charge in [-0.2, -0.15) is 11.8 Å². The lowest BCUT2D eigenvalue weighted by atomic mass is 9.80. The first-order valence-corrected chi connectivity index (χ1v) is 5.07.